The molecule has 2 aromatic rings. The molecule has 7 heteroatoms. The van der Waals surface area contributed by atoms with Crippen LogP contribution in [-0.2, 0) is 0 Å². The van der Waals surface area contributed by atoms with Gasteiger partial charge < -0.3 is 13.9 Å². The lowest BCUT2D eigenvalue weighted by Crippen LogP contribution is -2.24. The molecule has 22 heavy (non-hydrogen) atoms. The van der Waals surface area contributed by atoms with E-state index in [1.54, 1.807) is 19.9 Å². The van der Waals surface area contributed by atoms with Gasteiger partial charge in [-0.05, 0) is 26.0 Å². The highest BCUT2D eigenvalue weighted by atomic mass is 16.5. The predicted octanol–water partition coefficient (Wildman–Crippen LogP) is 1.94. The monoisotopic (exact) mass is 304 g/mol. The average molecular weight is 304 g/mol. The summed E-state index contributed by atoms with van der Waals surface area (Å²) in [6.45, 7) is 3.45. The van der Waals surface area contributed by atoms with Gasteiger partial charge in [-0.25, -0.2) is 10.2 Å². The molecule has 1 aromatic heterocycles. The van der Waals surface area contributed by atoms with E-state index in [0.29, 0.717) is 28.2 Å². The highest BCUT2D eigenvalue weighted by Crippen LogP contribution is 2.31. The van der Waals surface area contributed by atoms with Gasteiger partial charge >= 0.3 is 5.63 Å². The standard InChI is InChI=1S/C15H16N2O5/c1-8(2)16-17-14(18)10-5-9-6-12(20-3)13(21-4)7-11(9)22-15(10)19/h5-7H,1-4H3,(H,17,18). The van der Waals surface area contributed by atoms with Crippen LogP contribution >= 0.6 is 0 Å². The molecule has 1 heterocycles. The number of amides is 1. The second-order valence-corrected chi connectivity index (χ2v) is 4.69. The maximum absolute atomic E-state index is 12.0. The normalized spacial score (nSPS) is 10.2. The molecule has 0 aliphatic carbocycles. The van der Waals surface area contributed by atoms with Gasteiger partial charge in [0.25, 0.3) is 5.91 Å². The maximum atomic E-state index is 12.0. The van der Waals surface area contributed by atoms with Crippen LogP contribution in [0.5, 0.6) is 11.5 Å². The SMILES string of the molecule is COc1cc2cc(C(=O)NN=C(C)C)c(=O)oc2cc1OC. The molecule has 7 nitrogen and oxygen atoms in total. The van der Waals surface area contributed by atoms with E-state index in [9.17, 15) is 9.59 Å². The first kappa shape index (κ1) is 15.6. The zero-order valence-corrected chi connectivity index (χ0v) is 12.7. The Kier molecular flexibility index (Phi) is 4.45. The molecule has 0 fully saturated rings. The highest BCUT2D eigenvalue weighted by Gasteiger charge is 2.15. The number of carbonyl (C=O) groups is 1. The summed E-state index contributed by atoms with van der Waals surface area (Å²) in [5.74, 6) is 0.269. The number of nitrogens with zero attached hydrogens (tertiary/aromatic N) is 1. The maximum Gasteiger partial charge on any atom is 0.349 e. The number of hydrogen-bond acceptors (Lipinski definition) is 6. The van der Waals surface area contributed by atoms with Crippen LogP contribution in [0.2, 0.25) is 0 Å². The Morgan fingerprint density at radius 1 is 1.14 bits per heavy atom. The first-order chi connectivity index (χ1) is 10.5. The van der Waals surface area contributed by atoms with Gasteiger partial charge in [-0.1, -0.05) is 0 Å². The molecule has 0 aliphatic rings. The topological polar surface area (TPSA) is 90.1 Å². The third-order valence-corrected chi connectivity index (χ3v) is 2.86. The van der Waals surface area contributed by atoms with Crippen molar-refractivity contribution in [2.75, 3.05) is 14.2 Å². The van der Waals surface area contributed by atoms with E-state index < -0.39 is 11.5 Å². The molecule has 0 bridgehead atoms. The van der Waals surface area contributed by atoms with Crippen LogP contribution in [0.3, 0.4) is 0 Å². The molecule has 1 N–H and O–H groups in total. The average Bonchev–Trinajstić information content (AvgIpc) is 2.50. The Morgan fingerprint density at radius 2 is 1.77 bits per heavy atom. The Labute approximate surface area is 126 Å². The zero-order chi connectivity index (χ0) is 16.3. The molecule has 2 rings (SSSR count). The molecule has 0 aliphatic heterocycles. The third kappa shape index (κ3) is 3.08. The number of methoxy groups -OCH3 is 2. The summed E-state index contributed by atoms with van der Waals surface area (Å²) in [6.07, 6.45) is 0. The Hall–Kier alpha value is -2.83. The van der Waals surface area contributed by atoms with E-state index in [1.165, 1.54) is 26.4 Å². The summed E-state index contributed by atoms with van der Waals surface area (Å²) in [5.41, 5.74) is 2.36. The van der Waals surface area contributed by atoms with Crippen molar-refractivity contribution in [2.45, 2.75) is 13.8 Å². The molecule has 0 saturated heterocycles. The van der Waals surface area contributed by atoms with Gasteiger partial charge in [-0.15, -0.1) is 0 Å². The fourth-order valence-corrected chi connectivity index (χ4v) is 1.83. The summed E-state index contributed by atoms with van der Waals surface area (Å²) in [6, 6.07) is 4.59. The van der Waals surface area contributed by atoms with E-state index in [4.69, 9.17) is 13.9 Å². The molecule has 0 saturated carbocycles. The van der Waals surface area contributed by atoms with Crippen molar-refractivity contribution in [1.29, 1.82) is 0 Å². The van der Waals surface area contributed by atoms with Crippen LogP contribution < -0.4 is 20.5 Å². The molecule has 116 valence electrons. The van der Waals surface area contributed by atoms with Crippen molar-refractivity contribution >= 4 is 22.6 Å². The van der Waals surface area contributed by atoms with E-state index >= 15 is 0 Å². The number of hydrogen-bond donors (Lipinski definition) is 1. The van der Waals surface area contributed by atoms with Gasteiger partial charge in [0, 0.05) is 17.2 Å². The highest BCUT2D eigenvalue weighted by molar-refractivity contribution is 5.97. The second kappa shape index (κ2) is 6.30. The summed E-state index contributed by atoms with van der Waals surface area (Å²) in [7, 11) is 2.98. The summed E-state index contributed by atoms with van der Waals surface area (Å²) in [4.78, 5) is 23.9. The van der Waals surface area contributed by atoms with Gasteiger partial charge in [0.2, 0.25) is 0 Å². The quantitative estimate of drug-likeness (QED) is 0.529. The number of nitrogens with one attached hydrogen (secondary N) is 1. The summed E-state index contributed by atoms with van der Waals surface area (Å²) < 4.78 is 15.5. The lowest BCUT2D eigenvalue weighted by Gasteiger charge is -2.08. The number of hydrazone groups is 1. The number of carbonyl (C=O) groups excluding carboxylic acids is 1. The first-order valence-corrected chi connectivity index (χ1v) is 6.47. The lowest BCUT2D eigenvalue weighted by molar-refractivity contribution is 0.0951. The van der Waals surface area contributed by atoms with Crippen molar-refractivity contribution in [1.82, 2.24) is 5.43 Å². The van der Waals surface area contributed by atoms with Crippen LogP contribution in [0.25, 0.3) is 11.0 Å². The molecular weight excluding hydrogens is 288 g/mol. The van der Waals surface area contributed by atoms with Crippen LogP contribution in [0, 0.1) is 0 Å². The minimum absolute atomic E-state index is 0.135. The van der Waals surface area contributed by atoms with Gasteiger partial charge in [0.05, 0.1) is 14.2 Å². The van der Waals surface area contributed by atoms with Crippen molar-refractivity contribution in [2.24, 2.45) is 5.10 Å². The van der Waals surface area contributed by atoms with Gasteiger partial charge in [0.1, 0.15) is 11.1 Å². The molecular formula is C15H16N2O5. The number of benzene rings is 1. The Bertz CT molecular complexity index is 803. The number of rotatable bonds is 4. The van der Waals surface area contributed by atoms with Crippen molar-refractivity contribution in [3.63, 3.8) is 0 Å². The summed E-state index contributed by atoms with van der Waals surface area (Å²) in [5, 5.41) is 4.32. The molecule has 0 atom stereocenters. The largest absolute Gasteiger partial charge is 0.493 e. The molecule has 0 unspecified atom stereocenters. The molecule has 0 radical (unpaired) electrons. The zero-order valence-electron chi connectivity index (χ0n) is 12.7. The van der Waals surface area contributed by atoms with Crippen molar-refractivity contribution in [3.05, 3.63) is 34.2 Å². The fraction of sp³-hybridized carbons (Fsp3) is 0.267. The first-order valence-electron chi connectivity index (χ1n) is 6.47. The summed E-state index contributed by atoms with van der Waals surface area (Å²) >= 11 is 0. The van der Waals surface area contributed by atoms with Crippen LogP contribution in [0.15, 0.2) is 32.5 Å². The Morgan fingerprint density at radius 3 is 2.36 bits per heavy atom. The smallest absolute Gasteiger partial charge is 0.349 e. The number of fused-ring (bicyclic) bond motifs is 1. The van der Waals surface area contributed by atoms with Gasteiger partial charge in [0.15, 0.2) is 11.5 Å². The third-order valence-electron chi connectivity index (χ3n) is 2.86. The van der Waals surface area contributed by atoms with Crippen LogP contribution in [0.4, 0.5) is 0 Å². The molecule has 1 aromatic carbocycles. The number of ether oxygens (including phenoxy) is 2. The van der Waals surface area contributed by atoms with Crippen LogP contribution in [0.1, 0.15) is 24.2 Å². The fourth-order valence-electron chi connectivity index (χ4n) is 1.83. The van der Waals surface area contributed by atoms with E-state index in [1.807, 2.05) is 0 Å². The van der Waals surface area contributed by atoms with E-state index in [2.05, 4.69) is 10.5 Å². The van der Waals surface area contributed by atoms with Gasteiger partial charge in [-0.2, -0.15) is 5.10 Å². The van der Waals surface area contributed by atoms with E-state index in [-0.39, 0.29) is 5.56 Å². The predicted molar refractivity (Wildman–Crippen MR) is 81.8 cm³/mol. The van der Waals surface area contributed by atoms with Crippen molar-refractivity contribution < 1.29 is 18.7 Å². The van der Waals surface area contributed by atoms with Crippen LogP contribution in [-0.4, -0.2) is 25.8 Å². The lowest BCUT2D eigenvalue weighted by atomic mass is 10.1. The minimum atomic E-state index is -0.749. The van der Waals surface area contributed by atoms with Crippen molar-refractivity contribution in [3.8, 4) is 11.5 Å². The minimum Gasteiger partial charge on any atom is -0.493 e. The molecule has 0 spiro atoms. The van der Waals surface area contributed by atoms with Gasteiger partial charge in [-0.3, -0.25) is 4.79 Å². The molecule has 1 amide bonds. The van der Waals surface area contributed by atoms with E-state index in [0.717, 1.165) is 0 Å². The second-order valence-electron chi connectivity index (χ2n) is 4.69. The Balaban J connectivity index is 2.54.